The fourth-order valence-electron chi connectivity index (χ4n) is 1.34. The molecule has 0 spiro atoms. The average Bonchev–Trinajstić information content (AvgIpc) is 2.82. The van der Waals surface area contributed by atoms with Gasteiger partial charge in [-0.2, -0.15) is 0 Å². The van der Waals surface area contributed by atoms with Crippen LogP contribution in [0.5, 0.6) is 0 Å². The highest BCUT2D eigenvalue weighted by molar-refractivity contribution is 5.97. The summed E-state index contributed by atoms with van der Waals surface area (Å²) >= 11 is 0. The molecule has 0 unspecified atom stereocenters. The Bertz CT molecular complexity index is 530. The van der Waals surface area contributed by atoms with E-state index in [-0.39, 0.29) is 18.3 Å². The van der Waals surface area contributed by atoms with Crippen LogP contribution in [-0.4, -0.2) is 26.4 Å². The van der Waals surface area contributed by atoms with Gasteiger partial charge in [-0.15, -0.1) is 17.5 Å². The van der Waals surface area contributed by atoms with Crippen LogP contribution in [0.1, 0.15) is 13.8 Å². The van der Waals surface area contributed by atoms with Gasteiger partial charge in [0.2, 0.25) is 5.91 Å². The van der Waals surface area contributed by atoms with Crippen molar-refractivity contribution >= 4 is 24.0 Å². The molecule has 6 nitrogen and oxygen atoms in total. The van der Waals surface area contributed by atoms with Gasteiger partial charge in [-0.1, -0.05) is 5.21 Å². The molecule has 1 aromatic heterocycles. The minimum Gasteiger partial charge on any atom is -0.325 e. The van der Waals surface area contributed by atoms with Crippen LogP contribution in [0, 0.1) is 0 Å². The fourth-order valence-corrected chi connectivity index (χ4v) is 1.34. The van der Waals surface area contributed by atoms with E-state index in [0.717, 1.165) is 5.69 Å². The van der Waals surface area contributed by atoms with Gasteiger partial charge < -0.3 is 11.1 Å². The first-order valence-corrected chi connectivity index (χ1v) is 5.54. The molecule has 1 aromatic carbocycles. The normalized spacial score (nSPS) is 10.7. The van der Waals surface area contributed by atoms with E-state index in [1.165, 1.54) is 0 Å². The van der Waals surface area contributed by atoms with Gasteiger partial charge in [-0.25, -0.2) is 4.68 Å². The van der Waals surface area contributed by atoms with Crippen molar-refractivity contribution in [3.05, 3.63) is 36.7 Å². The zero-order chi connectivity index (χ0) is 13.2. The second kappa shape index (κ2) is 5.81. The molecule has 1 amide bonds. The van der Waals surface area contributed by atoms with Gasteiger partial charge >= 0.3 is 0 Å². The highest BCUT2D eigenvalue weighted by Gasteiger charge is 2.21. The summed E-state index contributed by atoms with van der Waals surface area (Å²) in [7, 11) is 0. The van der Waals surface area contributed by atoms with Gasteiger partial charge in [-0.05, 0) is 38.1 Å². The lowest BCUT2D eigenvalue weighted by atomic mass is 10.1. The smallest absolute Gasteiger partial charge is 0.243 e. The number of amides is 1. The summed E-state index contributed by atoms with van der Waals surface area (Å²) in [5.41, 5.74) is 6.37. The summed E-state index contributed by atoms with van der Waals surface area (Å²) in [6, 6.07) is 7.27. The van der Waals surface area contributed by atoms with E-state index in [1.54, 1.807) is 43.1 Å². The third-order valence-electron chi connectivity index (χ3n) is 2.40. The number of hydrogen-bond donors (Lipinski definition) is 2. The molecule has 0 fully saturated rings. The van der Waals surface area contributed by atoms with E-state index < -0.39 is 5.54 Å². The first-order valence-electron chi connectivity index (χ1n) is 5.54. The van der Waals surface area contributed by atoms with Gasteiger partial charge in [0, 0.05) is 5.69 Å². The third kappa shape index (κ3) is 3.77. The predicted molar refractivity (Wildman–Crippen MR) is 75.5 cm³/mol. The number of rotatable bonds is 3. The van der Waals surface area contributed by atoms with Crippen LogP contribution in [0.4, 0.5) is 5.69 Å². The molecule has 0 radical (unpaired) electrons. The molecule has 1 heterocycles. The number of benzene rings is 1. The number of anilines is 1. The standard InChI is InChI=1S/C12H15N5O.ClH/c1-12(2,13)11(18)15-9-3-5-10(6-4-9)17-8-7-14-16-17;/h3-8H,13H2,1-2H3,(H,15,18);1H. The van der Waals surface area contributed by atoms with Crippen molar-refractivity contribution in [1.82, 2.24) is 15.0 Å². The van der Waals surface area contributed by atoms with Crippen molar-refractivity contribution in [1.29, 1.82) is 0 Å². The largest absolute Gasteiger partial charge is 0.325 e. The van der Waals surface area contributed by atoms with Crippen molar-refractivity contribution in [2.75, 3.05) is 5.32 Å². The van der Waals surface area contributed by atoms with Crippen LogP contribution in [0.15, 0.2) is 36.7 Å². The SMILES string of the molecule is CC(C)(N)C(=O)Nc1ccc(-n2ccnn2)cc1.Cl. The van der Waals surface area contributed by atoms with Gasteiger partial charge in [0.15, 0.2) is 0 Å². The summed E-state index contributed by atoms with van der Waals surface area (Å²) < 4.78 is 1.64. The second-order valence-electron chi connectivity index (χ2n) is 4.57. The molecule has 7 heteroatoms. The van der Waals surface area contributed by atoms with E-state index in [4.69, 9.17) is 5.73 Å². The summed E-state index contributed by atoms with van der Waals surface area (Å²) in [6.07, 6.45) is 3.35. The van der Waals surface area contributed by atoms with E-state index in [2.05, 4.69) is 15.6 Å². The number of halogens is 1. The highest BCUT2D eigenvalue weighted by Crippen LogP contribution is 2.13. The molecule has 0 aliphatic rings. The molecule has 0 aliphatic carbocycles. The number of aromatic nitrogens is 3. The average molecular weight is 282 g/mol. The maximum atomic E-state index is 11.7. The van der Waals surface area contributed by atoms with Crippen LogP contribution in [0.25, 0.3) is 5.69 Å². The molecule has 0 atom stereocenters. The maximum Gasteiger partial charge on any atom is 0.243 e. The summed E-state index contributed by atoms with van der Waals surface area (Å²) in [4.78, 5) is 11.7. The van der Waals surface area contributed by atoms with Crippen LogP contribution in [-0.2, 0) is 4.79 Å². The predicted octanol–water partition coefficient (Wildman–Crippen LogP) is 1.36. The molecular formula is C12H16ClN5O. The van der Waals surface area contributed by atoms with E-state index >= 15 is 0 Å². The van der Waals surface area contributed by atoms with Crippen LogP contribution < -0.4 is 11.1 Å². The summed E-state index contributed by atoms with van der Waals surface area (Å²) in [5, 5.41) is 10.3. The van der Waals surface area contributed by atoms with Crippen molar-refractivity contribution in [3.8, 4) is 5.69 Å². The monoisotopic (exact) mass is 281 g/mol. The molecule has 102 valence electrons. The van der Waals surface area contributed by atoms with E-state index in [0.29, 0.717) is 5.69 Å². The molecule has 3 N–H and O–H groups in total. The zero-order valence-corrected chi connectivity index (χ0v) is 11.5. The van der Waals surface area contributed by atoms with E-state index in [9.17, 15) is 4.79 Å². The summed E-state index contributed by atoms with van der Waals surface area (Å²) in [5.74, 6) is -0.226. The molecule has 2 aromatic rings. The molecule has 0 saturated heterocycles. The maximum absolute atomic E-state index is 11.7. The highest BCUT2D eigenvalue weighted by atomic mass is 35.5. The second-order valence-corrected chi connectivity index (χ2v) is 4.57. The minimum atomic E-state index is -0.898. The number of nitrogens with two attached hydrogens (primary N) is 1. The minimum absolute atomic E-state index is 0. The van der Waals surface area contributed by atoms with Gasteiger partial charge in [-0.3, -0.25) is 4.79 Å². The number of nitrogens with one attached hydrogen (secondary N) is 1. The van der Waals surface area contributed by atoms with Gasteiger partial charge in [0.05, 0.1) is 23.6 Å². The first kappa shape index (κ1) is 15.1. The Labute approximate surface area is 117 Å². The lowest BCUT2D eigenvalue weighted by Gasteiger charge is -2.17. The fraction of sp³-hybridized carbons (Fsp3) is 0.250. The van der Waals surface area contributed by atoms with Crippen LogP contribution >= 0.6 is 12.4 Å². The molecule has 0 aliphatic heterocycles. The van der Waals surface area contributed by atoms with E-state index in [1.807, 2.05) is 12.1 Å². The van der Waals surface area contributed by atoms with Gasteiger partial charge in [0.25, 0.3) is 0 Å². The Balaban J connectivity index is 0.00000180. The zero-order valence-electron chi connectivity index (χ0n) is 10.7. The Morgan fingerprint density at radius 1 is 1.32 bits per heavy atom. The topological polar surface area (TPSA) is 85.8 Å². The van der Waals surface area contributed by atoms with Crippen molar-refractivity contribution in [2.45, 2.75) is 19.4 Å². The molecule has 2 rings (SSSR count). The number of carbonyl (C=O) groups excluding carboxylic acids is 1. The number of carbonyl (C=O) groups is 1. The lowest BCUT2D eigenvalue weighted by Crippen LogP contribution is -2.45. The van der Waals surface area contributed by atoms with Crippen LogP contribution in [0.3, 0.4) is 0 Å². The summed E-state index contributed by atoms with van der Waals surface area (Å²) in [6.45, 7) is 3.32. The Hall–Kier alpha value is -1.92. The first-order chi connectivity index (χ1) is 8.47. The Morgan fingerprint density at radius 2 is 1.95 bits per heavy atom. The van der Waals surface area contributed by atoms with Crippen LogP contribution in [0.2, 0.25) is 0 Å². The lowest BCUT2D eigenvalue weighted by molar-refractivity contribution is -0.120. The molecule has 0 bridgehead atoms. The third-order valence-corrected chi connectivity index (χ3v) is 2.40. The van der Waals surface area contributed by atoms with Crippen molar-refractivity contribution in [3.63, 3.8) is 0 Å². The van der Waals surface area contributed by atoms with Crippen molar-refractivity contribution < 1.29 is 4.79 Å². The molecule has 19 heavy (non-hydrogen) atoms. The molecular weight excluding hydrogens is 266 g/mol. The number of hydrogen-bond acceptors (Lipinski definition) is 4. The quantitative estimate of drug-likeness (QED) is 0.889. The Kier molecular flexibility index (Phi) is 4.63. The van der Waals surface area contributed by atoms with Gasteiger partial charge in [0.1, 0.15) is 0 Å². The Morgan fingerprint density at radius 3 is 2.42 bits per heavy atom. The van der Waals surface area contributed by atoms with Crippen molar-refractivity contribution in [2.24, 2.45) is 5.73 Å². The number of nitrogens with zero attached hydrogens (tertiary/aromatic N) is 3. The molecule has 0 saturated carbocycles.